The topological polar surface area (TPSA) is 75.7 Å². The summed E-state index contributed by atoms with van der Waals surface area (Å²) in [6.45, 7) is 1.73. The maximum absolute atomic E-state index is 13.1. The van der Waals surface area contributed by atoms with Gasteiger partial charge in [-0.2, -0.15) is 4.31 Å². The van der Waals surface area contributed by atoms with Crippen molar-refractivity contribution >= 4 is 21.6 Å². The monoisotopic (exact) mass is 374 g/mol. The van der Waals surface area contributed by atoms with Crippen LogP contribution in [-0.2, 0) is 21.4 Å². The van der Waals surface area contributed by atoms with Gasteiger partial charge in [0.1, 0.15) is 5.75 Å². The predicted molar refractivity (Wildman–Crippen MR) is 99.5 cm³/mol. The summed E-state index contributed by atoms with van der Waals surface area (Å²) < 4.78 is 32.9. The smallest absolute Gasteiger partial charge is 0.243 e. The zero-order valence-corrected chi connectivity index (χ0v) is 15.6. The van der Waals surface area contributed by atoms with Gasteiger partial charge in [0.05, 0.1) is 12.0 Å². The normalized spacial score (nSPS) is 14.3. The summed E-state index contributed by atoms with van der Waals surface area (Å²) in [4.78, 5) is 11.3. The Labute approximate surface area is 153 Å². The number of sulfonamides is 1. The van der Waals surface area contributed by atoms with Gasteiger partial charge in [0, 0.05) is 25.2 Å². The van der Waals surface area contributed by atoms with Crippen molar-refractivity contribution in [3.05, 3.63) is 54.1 Å². The van der Waals surface area contributed by atoms with E-state index < -0.39 is 10.0 Å². The van der Waals surface area contributed by atoms with E-state index in [9.17, 15) is 13.2 Å². The molecule has 0 radical (unpaired) electrons. The summed E-state index contributed by atoms with van der Waals surface area (Å²) in [5, 5.41) is 2.64. The predicted octanol–water partition coefficient (Wildman–Crippen LogP) is 3.01. The van der Waals surface area contributed by atoms with E-state index >= 15 is 0 Å². The minimum Gasteiger partial charge on any atom is -0.497 e. The van der Waals surface area contributed by atoms with Crippen molar-refractivity contribution in [1.29, 1.82) is 0 Å². The molecule has 2 aromatic rings. The average Bonchev–Trinajstić information content (AvgIpc) is 3.45. The second-order valence-electron chi connectivity index (χ2n) is 6.34. The van der Waals surface area contributed by atoms with E-state index in [2.05, 4.69) is 5.32 Å². The molecule has 1 aliphatic rings. The summed E-state index contributed by atoms with van der Waals surface area (Å²) in [5.74, 6) is 0.544. The van der Waals surface area contributed by atoms with Crippen LogP contribution in [0.2, 0.25) is 0 Å². The second kappa shape index (κ2) is 7.47. The van der Waals surface area contributed by atoms with Crippen LogP contribution in [0.25, 0.3) is 0 Å². The van der Waals surface area contributed by atoms with Crippen molar-refractivity contribution in [3.63, 3.8) is 0 Å². The van der Waals surface area contributed by atoms with E-state index in [1.165, 1.54) is 19.1 Å². The molecule has 1 amide bonds. The molecule has 26 heavy (non-hydrogen) atoms. The molecule has 0 atom stereocenters. The Hall–Kier alpha value is -2.38. The van der Waals surface area contributed by atoms with Crippen molar-refractivity contribution in [2.75, 3.05) is 12.4 Å². The lowest BCUT2D eigenvalue weighted by molar-refractivity contribution is -0.114. The third-order valence-electron chi connectivity index (χ3n) is 4.23. The minimum absolute atomic E-state index is 0.0390. The zero-order valence-electron chi connectivity index (χ0n) is 14.8. The number of benzene rings is 2. The van der Waals surface area contributed by atoms with Gasteiger partial charge in [-0.3, -0.25) is 4.79 Å². The first-order valence-corrected chi connectivity index (χ1v) is 9.86. The number of amides is 1. The molecule has 0 bridgehead atoms. The number of nitrogens with one attached hydrogen (secondary N) is 1. The summed E-state index contributed by atoms with van der Waals surface area (Å²) in [6.07, 6.45) is 1.75. The van der Waals surface area contributed by atoms with Crippen LogP contribution in [0.4, 0.5) is 5.69 Å². The highest BCUT2D eigenvalue weighted by Gasteiger charge is 2.38. The summed E-state index contributed by atoms with van der Waals surface area (Å²) in [7, 11) is -2.01. The van der Waals surface area contributed by atoms with E-state index in [0.717, 1.165) is 24.2 Å². The maximum Gasteiger partial charge on any atom is 0.243 e. The van der Waals surface area contributed by atoms with E-state index in [-0.39, 0.29) is 16.8 Å². The van der Waals surface area contributed by atoms with Gasteiger partial charge in [-0.05, 0) is 54.8 Å². The number of anilines is 1. The standard InChI is InChI=1S/C19H22N2O4S/c1-14(22)20-16-5-11-19(12-6-16)26(23,24)21(17-7-8-17)13-15-3-9-18(25-2)10-4-15/h3-6,9-12,17H,7-8,13H2,1-2H3,(H,20,22). The number of hydrogen-bond donors (Lipinski definition) is 1. The minimum atomic E-state index is -3.61. The van der Waals surface area contributed by atoms with Crippen LogP contribution in [0.1, 0.15) is 25.3 Å². The lowest BCUT2D eigenvalue weighted by Gasteiger charge is -2.22. The average molecular weight is 374 g/mol. The summed E-state index contributed by atoms with van der Waals surface area (Å²) >= 11 is 0. The fourth-order valence-corrected chi connectivity index (χ4v) is 4.41. The molecule has 0 aromatic heterocycles. The largest absolute Gasteiger partial charge is 0.497 e. The number of carbonyl (C=O) groups excluding carboxylic acids is 1. The molecule has 1 aliphatic carbocycles. The molecule has 0 heterocycles. The highest BCUT2D eigenvalue weighted by atomic mass is 32.2. The van der Waals surface area contributed by atoms with Gasteiger partial charge >= 0.3 is 0 Å². The molecule has 0 spiro atoms. The first kappa shape index (κ1) is 18.4. The number of nitrogens with zero attached hydrogens (tertiary/aromatic N) is 1. The Morgan fingerprint density at radius 2 is 1.73 bits per heavy atom. The van der Waals surface area contributed by atoms with E-state index in [4.69, 9.17) is 4.74 Å². The summed E-state index contributed by atoms with van der Waals surface area (Å²) in [5.41, 5.74) is 1.49. The molecule has 2 aromatic carbocycles. The quantitative estimate of drug-likeness (QED) is 0.808. The van der Waals surface area contributed by atoms with Crippen LogP contribution in [-0.4, -0.2) is 31.8 Å². The van der Waals surface area contributed by atoms with E-state index in [1.54, 1.807) is 23.5 Å². The van der Waals surface area contributed by atoms with Gasteiger partial charge in [-0.25, -0.2) is 8.42 Å². The van der Waals surface area contributed by atoms with Crippen molar-refractivity contribution < 1.29 is 17.9 Å². The van der Waals surface area contributed by atoms with Crippen LogP contribution in [0, 0.1) is 0 Å². The van der Waals surface area contributed by atoms with Crippen molar-refractivity contribution in [3.8, 4) is 5.75 Å². The third kappa shape index (κ3) is 4.23. The zero-order chi connectivity index (χ0) is 18.7. The molecule has 1 fully saturated rings. The van der Waals surface area contributed by atoms with Crippen LogP contribution in [0.5, 0.6) is 5.75 Å². The molecule has 0 saturated heterocycles. The van der Waals surface area contributed by atoms with Gasteiger partial charge in [-0.1, -0.05) is 12.1 Å². The lowest BCUT2D eigenvalue weighted by atomic mass is 10.2. The first-order valence-electron chi connectivity index (χ1n) is 8.42. The highest BCUT2D eigenvalue weighted by molar-refractivity contribution is 7.89. The number of hydrogen-bond acceptors (Lipinski definition) is 4. The molecular weight excluding hydrogens is 352 g/mol. The second-order valence-corrected chi connectivity index (χ2v) is 8.23. The van der Waals surface area contributed by atoms with Gasteiger partial charge in [-0.15, -0.1) is 0 Å². The molecule has 138 valence electrons. The van der Waals surface area contributed by atoms with Gasteiger partial charge in [0.2, 0.25) is 15.9 Å². The molecule has 7 heteroatoms. The van der Waals surface area contributed by atoms with Crippen LogP contribution >= 0.6 is 0 Å². The van der Waals surface area contributed by atoms with Crippen LogP contribution in [0.15, 0.2) is 53.4 Å². The molecule has 3 rings (SSSR count). The molecule has 0 aliphatic heterocycles. The van der Waals surface area contributed by atoms with E-state index in [1.807, 2.05) is 24.3 Å². The van der Waals surface area contributed by atoms with E-state index in [0.29, 0.717) is 12.2 Å². The van der Waals surface area contributed by atoms with Crippen LogP contribution in [0.3, 0.4) is 0 Å². The van der Waals surface area contributed by atoms with Gasteiger partial charge < -0.3 is 10.1 Å². The van der Waals surface area contributed by atoms with Crippen LogP contribution < -0.4 is 10.1 Å². The number of methoxy groups -OCH3 is 1. The Morgan fingerprint density at radius 1 is 1.12 bits per heavy atom. The lowest BCUT2D eigenvalue weighted by Crippen LogP contribution is -2.32. The third-order valence-corrected chi connectivity index (χ3v) is 6.15. The molecule has 6 nitrogen and oxygen atoms in total. The molecular formula is C19H22N2O4S. The van der Waals surface area contributed by atoms with Gasteiger partial charge in [0.25, 0.3) is 0 Å². The summed E-state index contributed by atoms with van der Waals surface area (Å²) in [6, 6.07) is 13.7. The molecule has 0 unspecified atom stereocenters. The fourth-order valence-electron chi connectivity index (χ4n) is 2.73. The maximum atomic E-state index is 13.1. The molecule has 1 saturated carbocycles. The van der Waals surface area contributed by atoms with Crippen molar-refractivity contribution in [2.45, 2.75) is 37.2 Å². The Bertz CT molecular complexity index is 873. The van der Waals surface area contributed by atoms with Gasteiger partial charge in [0.15, 0.2) is 0 Å². The van der Waals surface area contributed by atoms with Crippen molar-refractivity contribution in [1.82, 2.24) is 4.31 Å². The Kier molecular flexibility index (Phi) is 5.29. The fraction of sp³-hybridized carbons (Fsp3) is 0.316. The molecule has 1 N–H and O–H groups in total. The number of carbonyl (C=O) groups is 1. The highest BCUT2D eigenvalue weighted by Crippen LogP contribution is 2.34. The Morgan fingerprint density at radius 3 is 2.23 bits per heavy atom. The first-order chi connectivity index (χ1) is 12.4. The SMILES string of the molecule is COc1ccc(CN(C2CC2)S(=O)(=O)c2ccc(NC(C)=O)cc2)cc1. The Balaban J connectivity index is 1.82. The number of ether oxygens (including phenoxy) is 1. The van der Waals surface area contributed by atoms with Crippen molar-refractivity contribution in [2.24, 2.45) is 0 Å². The number of rotatable bonds is 7.